The van der Waals surface area contributed by atoms with E-state index in [1.165, 1.54) is 18.4 Å². The highest BCUT2D eigenvalue weighted by Gasteiger charge is 2.30. The second-order valence-corrected chi connectivity index (χ2v) is 8.08. The number of carboxylic acid groups (broad SMARTS) is 1. The van der Waals surface area contributed by atoms with Gasteiger partial charge in [-0.05, 0) is 44.9 Å². The van der Waals surface area contributed by atoms with Gasteiger partial charge in [0.2, 0.25) is 0 Å². The van der Waals surface area contributed by atoms with E-state index in [4.69, 9.17) is 5.11 Å². The van der Waals surface area contributed by atoms with Gasteiger partial charge in [0.05, 0.1) is 11.7 Å². The van der Waals surface area contributed by atoms with E-state index in [-0.39, 0.29) is 18.4 Å². The van der Waals surface area contributed by atoms with Crippen LogP contribution in [-0.4, -0.2) is 33.0 Å². The van der Waals surface area contributed by atoms with E-state index in [0.717, 1.165) is 64.2 Å². The highest BCUT2D eigenvalue weighted by atomic mass is 16.4. The van der Waals surface area contributed by atoms with Gasteiger partial charge in [-0.15, -0.1) is 0 Å². The summed E-state index contributed by atoms with van der Waals surface area (Å²) < 4.78 is 0. The predicted molar refractivity (Wildman–Crippen MR) is 106 cm³/mol. The number of aliphatic hydroxyl groups is 2. The maximum Gasteiger partial charge on any atom is 0.303 e. The Kier molecular flexibility index (Phi) is 11.1. The Balaban J connectivity index is 2.44. The Morgan fingerprint density at radius 1 is 1.15 bits per heavy atom. The van der Waals surface area contributed by atoms with E-state index < -0.39 is 11.6 Å². The predicted octanol–water partition coefficient (Wildman–Crippen LogP) is 5.22. The van der Waals surface area contributed by atoms with Crippen LogP contribution in [0.4, 0.5) is 0 Å². The monoisotopic (exact) mass is 368 g/mol. The van der Waals surface area contributed by atoms with Crippen LogP contribution in [0.15, 0.2) is 11.6 Å². The molecule has 0 amide bonds. The van der Waals surface area contributed by atoms with E-state index in [2.05, 4.69) is 19.9 Å². The van der Waals surface area contributed by atoms with Gasteiger partial charge in [0.15, 0.2) is 0 Å². The molecule has 1 aliphatic carbocycles. The van der Waals surface area contributed by atoms with Crippen LogP contribution in [0.3, 0.4) is 0 Å². The SMILES string of the molecule is CCCCCC(O)(CC)CC=C1CC[C@H](O)[C@@H]1CCCCCCC(=O)O. The Hall–Kier alpha value is -0.870. The summed E-state index contributed by atoms with van der Waals surface area (Å²) in [5.74, 6) is -0.491. The van der Waals surface area contributed by atoms with Crippen LogP contribution in [0.5, 0.6) is 0 Å². The smallest absolute Gasteiger partial charge is 0.303 e. The Morgan fingerprint density at radius 3 is 2.54 bits per heavy atom. The third-order valence-corrected chi connectivity index (χ3v) is 5.97. The number of hydrogen-bond acceptors (Lipinski definition) is 3. The summed E-state index contributed by atoms with van der Waals surface area (Å²) in [7, 11) is 0. The lowest BCUT2D eigenvalue weighted by molar-refractivity contribution is -0.137. The van der Waals surface area contributed by atoms with Gasteiger partial charge in [0.1, 0.15) is 0 Å². The maximum atomic E-state index is 10.8. The molecule has 152 valence electrons. The third kappa shape index (κ3) is 8.68. The molecule has 4 heteroatoms. The average Bonchev–Trinajstić information content (AvgIpc) is 2.96. The molecule has 4 nitrogen and oxygen atoms in total. The lowest BCUT2D eigenvalue weighted by Crippen LogP contribution is -2.27. The van der Waals surface area contributed by atoms with Crippen LogP contribution in [0, 0.1) is 5.92 Å². The van der Waals surface area contributed by atoms with E-state index in [9.17, 15) is 15.0 Å². The molecule has 0 bridgehead atoms. The minimum absolute atomic E-state index is 0.228. The summed E-state index contributed by atoms with van der Waals surface area (Å²) in [6.07, 6.45) is 14.5. The molecular formula is C22H40O4. The van der Waals surface area contributed by atoms with E-state index in [1.807, 2.05) is 0 Å². The molecule has 0 aromatic heterocycles. The van der Waals surface area contributed by atoms with Crippen molar-refractivity contribution in [1.29, 1.82) is 0 Å². The van der Waals surface area contributed by atoms with Gasteiger partial charge in [-0.2, -0.15) is 0 Å². The van der Waals surface area contributed by atoms with Gasteiger partial charge in [-0.1, -0.05) is 64.0 Å². The Labute approximate surface area is 159 Å². The lowest BCUT2D eigenvalue weighted by Gasteiger charge is -2.26. The normalized spacial score (nSPS) is 24.1. The van der Waals surface area contributed by atoms with Crippen molar-refractivity contribution in [2.45, 2.75) is 115 Å². The molecule has 1 fully saturated rings. The fraction of sp³-hybridized carbons (Fsp3) is 0.864. The van der Waals surface area contributed by atoms with Crippen molar-refractivity contribution in [2.24, 2.45) is 5.92 Å². The second kappa shape index (κ2) is 12.5. The number of carboxylic acids is 1. The van der Waals surface area contributed by atoms with Crippen LogP contribution in [0.2, 0.25) is 0 Å². The third-order valence-electron chi connectivity index (χ3n) is 5.97. The molecule has 0 aromatic rings. The van der Waals surface area contributed by atoms with Crippen LogP contribution in [-0.2, 0) is 4.79 Å². The first kappa shape index (κ1) is 23.2. The zero-order valence-corrected chi connectivity index (χ0v) is 16.9. The first-order chi connectivity index (χ1) is 12.4. The molecule has 0 spiro atoms. The molecule has 1 aliphatic rings. The molecule has 0 saturated heterocycles. The van der Waals surface area contributed by atoms with Crippen molar-refractivity contribution in [3.8, 4) is 0 Å². The summed E-state index contributed by atoms with van der Waals surface area (Å²) in [6, 6.07) is 0. The van der Waals surface area contributed by atoms with Crippen molar-refractivity contribution in [2.75, 3.05) is 0 Å². The second-order valence-electron chi connectivity index (χ2n) is 8.08. The first-order valence-electron chi connectivity index (χ1n) is 10.7. The largest absolute Gasteiger partial charge is 0.481 e. The molecule has 1 unspecified atom stereocenters. The van der Waals surface area contributed by atoms with Gasteiger partial charge >= 0.3 is 5.97 Å². The topological polar surface area (TPSA) is 77.8 Å². The van der Waals surface area contributed by atoms with Crippen LogP contribution < -0.4 is 0 Å². The van der Waals surface area contributed by atoms with E-state index >= 15 is 0 Å². The van der Waals surface area contributed by atoms with E-state index in [1.54, 1.807) is 0 Å². The molecular weight excluding hydrogens is 328 g/mol. The Bertz CT molecular complexity index is 432. The van der Waals surface area contributed by atoms with Gasteiger partial charge in [0, 0.05) is 12.3 Å². The number of rotatable bonds is 14. The van der Waals surface area contributed by atoms with Crippen molar-refractivity contribution in [3.63, 3.8) is 0 Å². The fourth-order valence-corrected chi connectivity index (χ4v) is 4.02. The molecule has 0 aromatic carbocycles. The molecule has 0 radical (unpaired) electrons. The van der Waals surface area contributed by atoms with Crippen molar-refractivity contribution < 1.29 is 20.1 Å². The minimum atomic E-state index is -0.719. The lowest BCUT2D eigenvalue weighted by atomic mass is 9.87. The number of carbonyl (C=O) groups is 1. The summed E-state index contributed by atoms with van der Waals surface area (Å²) in [5.41, 5.74) is 0.724. The van der Waals surface area contributed by atoms with Crippen molar-refractivity contribution in [3.05, 3.63) is 11.6 Å². The summed E-state index contributed by atoms with van der Waals surface area (Å²) in [4.78, 5) is 10.5. The molecule has 26 heavy (non-hydrogen) atoms. The van der Waals surface area contributed by atoms with Gasteiger partial charge < -0.3 is 15.3 Å². The zero-order valence-electron chi connectivity index (χ0n) is 16.9. The number of hydrogen-bond donors (Lipinski definition) is 3. The van der Waals surface area contributed by atoms with Gasteiger partial charge in [-0.25, -0.2) is 0 Å². The maximum absolute atomic E-state index is 10.8. The van der Waals surface area contributed by atoms with Crippen molar-refractivity contribution in [1.82, 2.24) is 0 Å². The molecule has 1 saturated carbocycles. The quantitative estimate of drug-likeness (QED) is 0.290. The molecule has 3 atom stereocenters. The highest BCUT2D eigenvalue weighted by Crippen LogP contribution is 2.37. The Morgan fingerprint density at radius 2 is 1.88 bits per heavy atom. The minimum Gasteiger partial charge on any atom is -0.481 e. The van der Waals surface area contributed by atoms with Gasteiger partial charge in [-0.3, -0.25) is 4.79 Å². The molecule has 1 rings (SSSR count). The fourth-order valence-electron chi connectivity index (χ4n) is 4.02. The molecule has 0 heterocycles. The summed E-state index contributed by atoms with van der Waals surface area (Å²) >= 11 is 0. The van der Waals surface area contributed by atoms with Crippen LogP contribution >= 0.6 is 0 Å². The molecule has 0 aliphatic heterocycles. The standard InChI is InChI=1S/C22H40O4/c1-3-5-10-16-22(26,4-2)17-15-18-13-14-20(23)19(18)11-8-6-7-9-12-21(24)25/h15,19-20,23,26H,3-14,16-17H2,1-2H3,(H,24,25)/t19-,20+,22?/m1/s1. The zero-order chi connectivity index (χ0) is 19.4. The van der Waals surface area contributed by atoms with Gasteiger partial charge in [0.25, 0.3) is 0 Å². The van der Waals surface area contributed by atoms with Crippen molar-refractivity contribution >= 4 is 5.97 Å². The summed E-state index contributed by atoms with van der Waals surface area (Å²) in [5, 5.41) is 29.8. The number of aliphatic hydroxyl groups excluding tert-OH is 1. The average molecular weight is 369 g/mol. The number of aliphatic carboxylic acids is 1. The molecule has 3 N–H and O–H groups in total. The summed E-state index contributed by atoms with van der Waals surface area (Å²) in [6.45, 7) is 4.24. The first-order valence-corrected chi connectivity index (χ1v) is 10.7. The number of unbranched alkanes of at least 4 members (excludes halogenated alkanes) is 5. The van der Waals surface area contributed by atoms with Crippen LogP contribution in [0.25, 0.3) is 0 Å². The van der Waals surface area contributed by atoms with Crippen LogP contribution in [0.1, 0.15) is 104 Å². The highest BCUT2D eigenvalue weighted by molar-refractivity contribution is 5.66. The van der Waals surface area contributed by atoms with E-state index in [0.29, 0.717) is 6.42 Å².